The SMILES string of the molecule is C[C@@H]1CCc2c(sc(NC(=O)[C@H]3C[C@@H]3C)c2C(N)=O)C1. The van der Waals surface area contributed by atoms with Crippen LogP contribution in [0.4, 0.5) is 5.00 Å². The second kappa shape index (κ2) is 4.88. The lowest BCUT2D eigenvalue weighted by Gasteiger charge is -2.18. The molecule has 3 N–H and O–H groups in total. The van der Waals surface area contributed by atoms with Gasteiger partial charge < -0.3 is 11.1 Å². The molecule has 3 atom stereocenters. The summed E-state index contributed by atoms with van der Waals surface area (Å²) in [4.78, 5) is 25.0. The zero-order valence-electron chi connectivity index (χ0n) is 11.9. The summed E-state index contributed by atoms with van der Waals surface area (Å²) in [5, 5.41) is 3.60. The summed E-state index contributed by atoms with van der Waals surface area (Å²) >= 11 is 1.54. The number of hydrogen-bond acceptors (Lipinski definition) is 3. The zero-order chi connectivity index (χ0) is 14.4. The third-order valence-electron chi connectivity index (χ3n) is 4.44. The fourth-order valence-corrected chi connectivity index (χ4v) is 4.41. The van der Waals surface area contributed by atoms with Crippen LogP contribution in [0.5, 0.6) is 0 Å². The number of primary amides is 1. The van der Waals surface area contributed by atoms with E-state index in [0.29, 0.717) is 22.4 Å². The largest absolute Gasteiger partial charge is 0.365 e. The van der Waals surface area contributed by atoms with E-state index in [-0.39, 0.29) is 11.8 Å². The second-order valence-electron chi connectivity index (χ2n) is 6.23. The Bertz CT molecular complexity index is 579. The summed E-state index contributed by atoms with van der Waals surface area (Å²) in [6, 6.07) is 0. The fourth-order valence-electron chi connectivity index (χ4n) is 2.99. The molecule has 2 aliphatic carbocycles. The van der Waals surface area contributed by atoms with E-state index in [0.717, 1.165) is 31.2 Å². The van der Waals surface area contributed by atoms with Gasteiger partial charge in [0.2, 0.25) is 5.91 Å². The van der Waals surface area contributed by atoms with Crippen LogP contribution in [0.25, 0.3) is 0 Å². The third kappa shape index (κ3) is 2.35. The number of nitrogens with one attached hydrogen (secondary N) is 1. The molecule has 20 heavy (non-hydrogen) atoms. The first-order valence-electron chi connectivity index (χ1n) is 7.22. The van der Waals surface area contributed by atoms with Crippen LogP contribution in [0.15, 0.2) is 0 Å². The summed E-state index contributed by atoms with van der Waals surface area (Å²) in [7, 11) is 0. The van der Waals surface area contributed by atoms with Gasteiger partial charge in [0.25, 0.3) is 5.91 Å². The summed E-state index contributed by atoms with van der Waals surface area (Å²) in [5.74, 6) is 0.812. The van der Waals surface area contributed by atoms with E-state index in [2.05, 4.69) is 19.2 Å². The zero-order valence-corrected chi connectivity index (χ0v) is 12.7. The predicted molar refractivity (Wildman–Crippen MR) is 79.9 cm³/mol. The maximum absolute atomic E-state index is 12.1. The van der Waals surface area contributed by atoms with Gasteiger partial charge in [-0.3, -0.25) is 9.59 Å². The Labute approximate surface area is 122 Å². The highest BCUT2D eigenvalue weighted by atomic mass is 32.1. The van der Waals surface area contributed by atoms with E-state index in [9.17, 15) is 9.59 Å². The van der Waals surface area contributed by atoms with Crippen molar-refractivity contribution < 1.29 is 9.59 Å². The first-order valence-corrected chi connectivity index (χ1v) is 8.04. The number of carbonyl (C=O) groups is 2. The Morgan fingerprint density at radius 1 is 1.35 bits per heavy atom. The van der Waals surface area contributed by atoms with Crippen molar-refractivity contribution in [3.05, 3.63) is 16.0 Å². The number of amides is 2. The molecule has 0 aliphatic heterocycles. The van der Waals surface area contributed by atoms with Crippen LogP contribution in [0.3, 0.4) is 0 Å². The number of nitrogens with two attached hydrogens (primary N) is 1. The minimum Gasteiger partial charge on any atom is -0.365 e. The van der Waals surface area contributed by atoms with Crippen molar-refractivity contribution in [2.24, 2.45) is 23.5 Å². The lowest BCUT2D eigenvalue weighted by Crippen LogP contribution is -2.20. The topological polar surface area (TPSA) is 72.2 Å². The van der Waals surface area contributed by atoms with Crippen molar-refractivity contribution in [3.63, 3.8) is 0 Å². The Balaban J connectivity index is 1.90. The van der Waals surface area contributed by atoms with Crippen molar-refractivity contribution in [3.8, 4) is 0 Å². The van der Waals surface area contributed by atoms with Gasteiger partial charge in [0.15, 0.2) is 0 Å². The predicted octanol–water partition coefficient (Wildman–Crippen LogP) is 2.57. The van der Waals surface area contributed by atoms with Gasteiger partial charge in [-0.25, -0.2) is 0 Å². The number of rotatable bonds is 3. The van der Waals surface area contributed by atoms with Gasteiger partial charge in [0.05, 0.1) is 5.56 Å². The van der Waals surface area contributed by atoms with Crippen LogP contribution in [-0.4, -0.2) is 11.8 Å². The standard InChI is InChI=1S/C15H20N2O2S/c1-7-3-4-9-11(5-7)20-15(12(9)13(16)18)17-14(19)10-6-8(10)2/h7-8,10H,3-6H2,1-2H3,(H2,16,18)(H,17,19)/t7-,8+,10+/m1/s1. The molecule has 0 radical (unpaired) electrons. The van der Waals surface area contributed by atoms with Crippen molar-refractivity contribution in [1.29, 1.82) is 0 Å². The fraction of sp³-hybridized carbons (Fsp3) is 0.600. The molecule has 5 heteroatoms. The van der Waals surface area contributed by atoms with Crippen LogP contribution in [0, 0.1) is 17.8 Å². The minimum atomic E-state index is -0.420. The van der Waals surface area contributed by atoms with Crippen molar-refractivity contribution >= 4 is 28.2 Å². The van der Waals surface area contributed by atoms with Crippen LogP contribution in [0.1, 0.15) is 47.5 Å². The summed E-state index contributed by atoms with van der Waals surface area (Å²) in [6.45, 7) is 4.29. The molecular formula is C15H20N2O2S. The molecule has 1 saturated carbocycles. The highest BCUT2D eigenvalue weighted by Gasteiger charge is 2.40. The van der Waals surface area contributed by atoms with Gasteiger partial charge >= 0.3 is 0 Å². The number of thiophene rings is 1. The van der Waals surface area contributed by atoms with Gasteiger partial charge in [0.1, 0.15) is 5.00 Å². The van der Waals surface area contributed by atoms with Crippen LogP contribution in [0.2, 0.25) is 0 Å². The molecule has 2 amide bonds. The van der Waals surface area contributed by atoms with Crippen LogP contribution < -0.4 is 11.1 Å². The summed E-state index contributed by atoms with van der Waals surface area (Å²) < 4.78 is 0. The van der Waals surface area contributed by atoms with Gasteiger partial charge in [0, 0.05) is 10.8 Å². The average molecular weight is 292 g/mol. The number of carbonyl (C=O) groups excluding carboxylic acids is 2. The van der Waals surface area contributed by atoms with E-state index in [4.69, 9.17) is 5.73 Å². The lowest BCUT2D eigenvalue weighted by atomic mass is 9.88. The molecule has 1 heterocycles. The number of anilines is 1. The average Bonchev–Trinajstić information content (AvgIpc) is 2.98. The number of fused-ring (bicyclic) bond motifs is 1. The van der Waals surface area contributed by atoms with E-state index in [1.165, 1.54) is 16.2 Å². The molecule has 3 rings (SSSR count). The highest BCUT2D eigenvalue weighted by Crippen LogP contribution is 2.42. The van der Waals surface area contributed by atoms with Crippen LogP contribution >= 0.6 is 11.3 Å². The molecule has 0 spiro atoms. The van der Waals surface area contributed by atoms with Crippen molar-refractivity contribution in [1.82, 2.24) is 0 Å². The molecule has 0 unspecified atom stereocenters. The smallest absolute Gasteiger partial charge is 0.251 e. The maximum Gasteiger partial charge on any atom is 0.251 e. The molecule has 4 nitrogen and oxygen atoms in total. The van der Waals surface area contributed by atoms with E-state index in [1.54, 1.807) is 0 Å². The normalized spacial score (nSPS) is 27.8. The molecule has 0 bridgehead atoms. The van der Waals surface area contributed by atoms with Crippen molar-refractivity contribution in [2.75, 3.05) is 5.32 Å². The molecule has 1 aromatic rings. The first-order chi connectivity index (χ1) is 9.47. The summed E-state index contributed by atoms with van der Waals surface area (Å²) in [5.41, 5.74) is 7.15. The first kappa shape index (κ1) is 13.6. The number of hydrogen-bond donors (Lipinski definition) is 2. The van der Waals surface area contributed by atoms with Gasteiger partial charge in [-0.1, -0.05) is 13.8 Å². The summed E-state index contributed by atoms with van der Waals surface area (Å²) in [6.07, 6.45) is 3.90. The quantitative estimate of drug-likeness (QED) is 0.898. The Morgan fingerprint density at radius 3 is 2.65 bits per heavy atom. The Kier molecular flexibility index (Phi) is 3.32. The molecule has 1 fully saturated rings. The lowest BCUT2D eigenvalue weighted by molar-refractivity contribution is -0.117. The third-order valence-corrected chi connectivity index (χ3v) is 5.61. The molecule has 0 aromatic carbocycles. The van der Waals surface area contributed by atoms with Gasteiger partial charge in [-0.2, -0.15) is 0 Å². The second-order valence-corrected chi connectivity index (χ2v) is 7.33. The Hall–Kier alpha value is -1.36. The van der Waals surface area contributed by atoms with Gasteiger partial charge in [-0.05, 0) is 43.1 Å². The molecular weight excluding hydrogens is 272 g/mol. The van der Waals surface area contributed by atoms with E-state index in [1.807, 2.05) is 0 Å². The molecule has 108 valence electrons. The highest BCUT2D eigenvalue weighted by molar-refractivity contribution is 7.17. The van der Waals surface area contributed by atoms with E-state index < -0.39 is 5.91 Å². The Morgan fingerprint density at radius 2 is 2.05 bits per heavy atom. The molecule has 2 aliphatic rings. The minimum absolute atomic E-state index is 0.0339. The molecule has 0 saturated heterocycles. The maximum atomic E-state index is 12.1. The molecule has 1 aromatic heterocycles. The van der Waals surface area contributed by atoms with Crippen molar-refractivity contribution in [2.45, 2.75) is 39.5 Å². The van der Waals surface area contributed by atoms with Crippen LogP contribution in [-0.2, 0) is 17.6 Å². The van der Waals surface area contributed by atoms with E-state index >= 15 is 0 Å². The monoisotopic (exact) mass is 292 g/mol. The van der Waals surface area contributed by atoms with Gasteiger partial charge in [-0.15, -0.1) is 11.3 Å².